The Morgan fingerprint density at radius 2 is 1.00 bits per heavy atom. The number of nitrogens with zero attached hydrogens (tertiary/aromatic N) is 1. The largest absolute Gasteiger partial charge is 0.394 e. The van der Waals surface area contributed by atoms with Gasteiger partial charge in [0.25, 0.3) is 0 Å². The fourth-order valence-corrected chi connectivity index (χ4v) is 3.09. The summed E-state index contributed by atoms with van der Waals surface area (Å²) in [6.07, 6.45) is -13.7. The van der Waals surface area contributed by atoms with Gasteiger partial charge in [-0.25, -0.2) is 5.01 Å². The van der Waals surface area contributed by atoms with Crippen molar-refractivity contribution in [3.8, 4) is 0 Å². The highest BCUT2D eigenvalue weighted by molar-refractivity contribution is 4.89. The molecule has 0 unspecified atom stereocenters. The van der Waals surface area contributed by atoms with E-state index >= 15 is 0 Å². The van der Waals surface area contributed by atoms with Gasteiger partial charge in [-0.3, -0.25) is 5.84 Å². The highest BCUT2D eigenvalue weighted by Crippen LogP contribution is 2.23. The first-order chi connectivity index (χ1) is 14.2. The molecule has 0 bridgehead atoms. The van der Waals surface area contributed by atoms with E-state index in [1.165, 1.54) is 5.01 Å². The van der Waals surface area contributed by atoms with Gasteiger partial charge < -0.3 is 59.8 Å². The number of hydrogen-bond acceptors (Lipinski definition) is 14. The van der Waals surface area contributed by atoms with Crippen LogP contribution in [0.4, 0.5) is 0 Å². The normalized spacial score (nSPS) is 42.6. The molecule has 2 aliphatic rings. The molecule has 0 aliphatic carbocycles. The molecular weight excluding hydrogens is 412 g/mol. The Bertz CT molecular complexity index is 459. The Morgan fingerprint density at radius 1 is 0.633 bits per heavy atom. The molecule has 2 saturated heterocycles. The molecule has 0 aromatic carbocycles. The second-order valence-electron chi connectivity index (χ2n) is 7.17. The summed E-state index contributed by atoms with van der Waals surface area (Å²) in [5, 5.41) is 78.1. The molecule has 0 aromatic rings. The smallest absolute Gasteiger partial charge is 0.186 e. The van der Waals surface area contributed by atoms with Crippen LogP contribution < -0.4 is 5.84 Å². The third kappa shape index (κ3) is 6.24. The SMILES string of the molecule is NN(CCO[C@H]1O[C@H](CO)[C@@H](O)[C@H](O)[C@@H]1O)CCO[C@H]1O[C@H](CO)[C@@H](O)[C@H](O)[C@@H]1O. The number of aliphatic hydroxyl groups is 8. The third-order valence-corrected chi connectivity index (χ3v) is 5.02. The van der Waals surface area contributed by atoms with Crippen molar-refractivity contribution in [3.05, 3.63) is 0 Å². The summed E-state index contributed by atoms with van der Waals surface area (Å²) in [6.45, 7) is -0.898. The Hall–Kier alpha value is -0.560. The van der Waals surface area contributed by atoms with E-state index in [9.17, 15) is 30.6 Å². The summed E-state index contributed by atoms with van der Waals surface area (Å²) < 4.78 is 21.0. The van der Waals surface area contributed by atoms with E-state index in [0.29, 0.717) is 0 Å². The first-order valence-electron chi connectivity index (χ1n) is 9.55. The lowest BCUT2D eigenvalue weighted by atomic mass is 9.99. The van der Waals surface area contributed by atoms with Crippen molar-refractivity contribution in [2.24, 2.45) is 5.84 Å². The molecular formula is C16H32N2O12. The summed E-state index contributed by atoms with van der Waals surface area (Å²) in [7, 11) is 0. The molecule has 10 atom stereocenters. The van der Waals surface area contributed by atoms with Crippen LogP contribution in [-0.2, 0) is 18.9 Å². The summed E-state index contributed by atoms with van der Waals surface area (Å²) in [5.41, 5.74) is 0. The van der Waals surface area contributed by atoms with Crippen molar-refractivity contribution in [1.82, 2.24) is 5.01 Å². The van der Waals surface area contributed by atoms with Gasteiger partial charge in [-0.1, -0.05) is 0 Å². The minimum absolute atomic E-state index is 0.0285. The molecule has 30 heavy (non-hydrogen) atoms. The third-order valence-electron chi connectivity index (χ3n) is 5.02. The second-order valence-corrected chi connectivity index (χ2v) is 7.17. The van der Waals surface area contributed by atoms with Crippen LogP contribution in [0.3, 0.4) is 0 Å². The highest BCUT2D eigenvalue weighted by Gasteiger charge is 2.45. The number of rotatable bonds is 10. The van der Waals surface area contributed by atoms with E-state index in [1.807, 2.05) is 0 Å². The van der Waals surface area contributed by atoms with Gasteiger partial charge in [0, 0.05) is 13.1 Å². The minimum Gasteiger partial charge on any atom is -0.394 e. The fraction of sp³-hybridized carbons (Fsp3) is 1.00. The zero-order chi connectivity index (χ0) is 22.4. The summed E-state index contributed by atoms with van der Waals surface area (Å²) in [5.74, 6) is 5.79. The molecule has 178 valence electrons. The van der Waals surface area contributed by atoms with Crippen LogP contribution in [0.5, 0.6) is 0 Å². The maximum Gasteiger partial charge on any atom is 0.186 e. The fourth-order valence-electron chi connectivity index (χ4n) is 3.09. The molecule has 10 N–H and O–H groups in total. The molecule has 0 aromatic heterocycles. The van der Waals surface area contributed by atoms with E-state index in [0.717, 1.165) is 0 Å². The number of hydrazine groups is 1. The molecule has 14 heteroatoms. The summed E-state index contributed by atoms with van der Waals surface area (Å²) in [6, 6.07) is 0. The average Bonchev–Trinajstić information content (AvgIpc) is 2.73. The number of aliphatic hydroxyl groups excluding tert-OH is 8. The van der Waals surface area contributed by atoms with E-state index < -0.39 is 74.6 Å². The number of hydrogen-bond donors (Lipinski definition) is 9. The van der Waals surface area contributed by atoms with Gasteiger partial charge in [-0.15, -0.1) is 0 Å². The molecule has 0 saturated carbocycles. The number of ether oxygens (including phenoxy) is 4. The van der Waals surface area contributed by atoms with Gasteiger partial charge in [0.1, 0.15) is 48.8 Å². The van der Waals surface area contributed by atoms with Crippen molar-refractivity contribution >= 4 is 0 Å². The molecule has 2 aliphatic heterocycles. The summed E-state index contributed by atoms with van der Waals surface area (Å²) >= 11 is 0. The number of nitrogens with two attached hydrogens (primary N) is 1. The molecule has 0 radical (unpaired) electrons. The van der Waals surface area contributed by atoms with E-state index in [4.69, 9.17) is 35.0 Å². The van der Waals surface area contributed by atoms with Gasteiger partial charge in [-0.05, 0) is 0 Å². The molecule has 2 rings (SSSR count). The monoisotopic (exact) mass is 444 g/mol. The standard InChI is InChI=1S/C16H32N2O12/c17-18(1-3-27-15-13(25)11(23)9(21)7(5-19)29-15)2-4-28-16-14(26)12(24)10(22)8(6-20)30-16/h7-16,19-26H,1-6,17H2/t7-,8-,9-,10-,11+,12+,13+,14+,15+,16+/m1/s1. The van der Waals surface area contributed by atoms with Gasteiger partial charge in [0.05, 0.1) is 26.4 Å². The molecule has 0 amide bonds. The lowest BCUT2D eigenvalue weighted by Crippen LogP contribution is -2.59. The Morgan fingerprint density at radius 3 is 1.33 bits per heavy atom. The lowest BCUT2D eigenvalue weighted by molar-refractivity contribution is -0.303. The highest BCUT2D eigenvalue weighted by atomic mass is 16.7. The zero-order valence-corrected chi connectivity index (χ0v) is 16.3. The van der Waals surface area contributed by atoms with E-state index in [-0.39, 0.29) is 26.3 Å². The van der Waals surface area contributed by atoms with Crippen LogP contribution in [0.2, 0.25) is 0 Å². The van der Waals surface area contributed by atoms with Crippen molar-refractivity contribution in [2.75, 3.05) is 39.5 Å². The predicted octanol–water partition coefficient (Wildman–Crippen LogP) is -6.20. The van der Waals surface area contributed by atoms with Gasteiger partial charge >= 0.3 is 0 Å². The maximum atomic E-state index is 9.88. The average molecular weight is 444 g/mol. The minimum atomic E-state index is -1.54. The van der Waals surface area contributed by atoms with Crippen molar-refractivity contribution in [1.29, 1.82) is 0 Å². The first kappa shape index (κ1) is 25.7. The molecule has 2 fully saturated rings. The van der Waals surface area contributed by atoms with Gasteiger partial charge in [0.15, 0.2) is 12.6 Å². The molecule has 14 nitrogen and oxygen atoms in total. The quantitative estimate of drug-likeness (QED) is 0.113. The van der Waals surface area contributed by atoms with Crippen molar-refractivity contribution < 1.29 is 59.8 Å². The van der Waals surface area contributed by atoms with Crippen LogP contribution in [-0.4, -0.2) is 147 Å². The van der Waals surface area contributed by atoms with Crippen molar-refractivity contribution in [3.63, 3.8) is 0 Å². The molecule has 2 heterocycles. The first-order valence-corrected chi connectivity index (χ1v) is 9.55. The van der Waals surface area contributed by atoms with Crippen LogP contribution in [0.25, 0.3) is 0 Å². The van der Waals surface area contributed by atoms with Crippen LogP contribution in [0, 0.1) is 0 Å². The Kier molecular flexibility index (Phi) is 10.2. The molecule has 0 spiro atoms. The van der Waals surface area contributed by atoms with Crippen LogP contribution in [0.15, 0.2) is 0 Å². The van der Waals surface area contributed by atoms with Crippen LogP contribution in [0.1, 0.15) is 0 Å². The maximum absolute atomic E-state index is 9.88. The van der Waals surface area contributed by atoms with Crippen molar-refractivity contribution in [2.45, 2.75) is 61.4 Å². The summed E-state index contributed by atoms with van der Waals surface area (Å²) in [4.78, 5) is 0. The van der Waals surface area contributed by atoms with Gasteiger partial charge in [-0.2, -0.15) is 0 Å². The van der Waals surface area contributed by atoms with Crippen LogP contribution >= 0.6 is 0 Å². The van der Waals surface area contributed by atoms with E-state index in [1.54, 1.807) is 0 Å². The van der Waals surface area contributed by atoms with Gasteiger partial charge in [0.2, 0.25) is 0 Å². The second kappa shape index (κ2) is 11.9. The lowest BCUT2D eigenvalue weighted by Gasteiger charge is -2.40. The van der Waals surface area contributed by atoms with E-state index in [2.05, 4.69) is 0 Å². The predicted molar refractivity (Wildman–Crippen MR) is 95.2 cm³/mol. The topological polar surface area (TPSA) is 228 Å². The Labute approximate surface area is 172 Å². The zero-order valence-electron chi connectivity index (χ0n) is 16.3. The Balaban J connectivity index is 1.68.